The molecule has 2 fully saturated rings. The molecular weight excluding hydrogens is 460 g/mol. The van der Waals surface area contributed by atoms with Crippen molar-refractivity contribution >= 4 is 34.7 Å². The van der Waals surface area contributed by atoms with E-state index >= 15 is 0 Å². The lowest BCUT2D eigenvalue weighted by Gasteiger charge is -2.53. The van der Waals surface area contributed by atoms with E-state index in [9.17, 15) is 5.26 Å². The SMILES string of the molecule is CN1CCN(c2ccc(Nc3ncc(C#N)c(NC4CC(C)(C)N(C)C(C)(C)C4)n3)cc2Cl)CC1. The molecule has 2 aromatic rings. The monoisotopic (exact) mass is 496 g/mol. The van der Waals surface area contributed by atoms with Gasteiger partial charge >= 0.3 is 0 Å². The number of rotatable bonds is 5. The fourth-order valence-corrected chi connectivity index (χ4v) is 5.62. The summed E-state index contributed by atoms with van der Waals surface area (Å²) >= 11 is 6.64. The Bertz CT molecular complexity index is 1080. The van der Waals surface area contributed by atoms with Crippen molar-refractivity contribution in [3.63, 3.8) is 0 Å². The summed E-state index contributed by atoms with van der Waals surface area (Å²) in [4.78, 5) is 16.1. The largest absolute Gasteiger partial charge is 0.368 e. The third kappa shape index (κ3) is 5.64. The molecule has 2 N–H and O–H groups in total. The van der Waals surface area contributed by atoms with Gasteiger partial charge in [-0.05, 0) is 72.8 Å². The van der Waals surface area contributed by atoms with Gasteiger partial charge in [0.15, 0.2) is 0 Å². The molecule has 0 bridgehead atoms. The van der Waals surface area contributed by atoms with Crippen LogP contribution in [-0.4, -0.2) is 77.2 Å². The average Bonchev–Trinajstić information content (AvgIpc) is 2.78. The van der Waals surface area contributed by atoms with Gasteiger partial charge in [-0.1, -0.05) is 11.6 Å². The van der Waals surface area contributed by atoms with E-state index in [0.29, 0.717) is 22.4 Å². The Labute approximate surface area is 214 Å². The Morgan fingerprint density at radius 2 is 1.71 bits per heavy atom. The van der Waals surface area contributed by atoms with E-state index in [2.05, 4.69) is 83.2 Å². The van der Waals surface area contributed by atoms with Gasteiger partial charge in [-0.3, -0.25) is 4.90 Å². The number of nitrogens with one attached hydrogen (secondary N) is 2. The highest BCUT2D eigenvalue weighted by atomic mass is 35.5. The van der Waals surface area contributed by atoms with Gasteiger partial charge in [0.05, 0.1) is 16.9 Å². The van der Waals surface area contributed by atoms with Crippen molar-refractivity contribution in [2.24, 2.45) is 0 Å². The molecule has 2 aliphatic rings. The molecule has 2 aliphatic heterocycles. The van der Waals surface area contributed by atoms with Crippen LogP contribution >= 0.6 is 11.6 Å². The minimum atomic E-state index is 0.0304. The Hall–Kier alpha value is -2.60. The number of piperazine rings is 1. The highest BCUT2D eigenvalue weighted by Gasteiger charge is 2.43. The summed E-state index contributed by atoms with van der Waals surface area (Å²) in [5, 5.41) is 17.2. The van der Waals surface area contributed by atoms with Crippen LogP contribution in [0.5, 0.6) is 0 Å². The number of likely N-dealkylation sites (N-methyl/N-ethyl adjacent to an activating group) is 1. The summed E-state index contributed by atoms with van der Waals surface area (Å²) < 4.78 is 0. The Morgan fingerprint density at radius 3 is 2.31 bits per heavy atom. The zero-order valence-corrected chi connectivity index (χ0v) is 22.4. The quantitative estimate of drug-likeness (QED) is 0.623. The number of aromatic nitrogens is 2. The van der Waals surface area contributed by atoms with Gasteiger partial charge in [0.2, 0.25) is 5.95 Å². The van der Waals surface area contributed by atoms with E-state index in [1.54, 1.807) is 6.20 Å². The first-order valence-electron chi connectivity index (χ1n) is 12.3. The van der Waals surface area contributed by atoms with Crippen LogP contribution in [0.1, 0.15) is 46.1 Å². The molecule has 35 heavy (non-hydrogen) atoms. The second kappa shape index (κ2) is 9.81. The molecule has 8 nitrogen and oxygen atoms in total. The summed E-state index contributed by atoms with van der Waals surface area (Å²) in [5.74, 6) is 0.993. The van der Waals surface area contributed by atoms with E-state index < -0.39 is 0 Å². The minimum absolute atomic E-state index is 0.0304. The van der Waals surface area contributed by atoms with Crippen molar-refractivity contribution in [1.82, 2.24) is 19.8 Å². The molecular formula is C26H37ClN8. The smallest absolute Gasteiger partial charge is 0.229 e. The lowest BCUT2D eigenvalue weighted by molar-refractivity contribution is -0.00772. The Balaban J connectivity index is 1.50. The predicted octanol–water partition coefficient (Wildman–Crippen LogP) is 4.56. The number of nitriles is 1. The molecule has 0 unspecified atom stereocenters. The van der Waals surface area contributed by atoms with E-state index in [0.717, 1.165) is 50.4 Å². The van der Waals surface area contributed by atoms with Crippen molar-refractivity contribution in [2.75, 3.05) is 55.8 Å². The maximum absolute atomic E-state index is 9.66. The van der Waals surface area contributed by atoms with E-state index in [4.69, 9.17) is 11.6 Å². The summed E-state index contributed by atoms with van der Waals surface area (Å²) in [6.07, 6.45) is 3.48. The zero-order valence-electron chi connectivity index (χ0n) is 21.7. The molecule has 0 atom stereocenters. The van der Waals surface area contributed by atoms with Crippen molar-refractivity contribution in [3.8, 4) is 6.07 Å². The maximum Gasteiger partial charge on any atom is 0.229 e. The first-order valence-corrected chi connectivity index (χ1v) is 12.6. The second-order valence-corrected chi connectivity index (χ2v) is 11.5. The number of nitrogens with zero attached hydrogens (tertiary/aromatic N) is 6. The highest BCUT2D eigenvalue weighted by Crippen LogP contribution is 2.38. The van der Waals surface area contributed by atoms with Crippen molar-refractivity contribution in [3.05, 3.63) is 35.0 Å². The molecule has 0 saturated carbocycles. The minimum Gasteiger partial charge on any atom is -0.368 e. The topological polar surface area (TPSA) is 83.3 Å². The molecule has 9 heteroatoms. The summed E-state index contributed by atoms with van der Waals surface area (Å²) in [5.41, 5.74) is 2.35. The van der Waals surface area contributed by atoms with Crippen LogP contribution in [0.4, 0.5) is 23.1 Å². The van der Waals surface area contributed by atoms with Gasteiger partial charge < -0.3 is 20.4 Å². The van der Waals surface area contributed by atoms with Crippen LogP contribution in [0.3, 0.4) is 0 Å². The zero-order chi connectivity index (χ0) is 25.4. The predicted molar refractivity (Wildman–Crippen MR) is 144 cm³/mol. The maximum atomic E-state index is 9.66. The van der Waals surface area contributed by atoms with Crippen LogP contribution in [0.15, 0.2) is 24.4 Å². The molecule has 0 amide bonds. The molecule has 0 spiro atoms. The van der Waals surface area contributed by atoms with Crippen LogP contribution in [0.25, 0.3) is 0 Å². The molecule has 1 aromatic heterocycles. The van der Waals surface area contributed by atoms with Gasteiger partial charge in [-0.2, -0.15) is 10.2 Å². The number of benzene rings is 1. The van der Waals surface area contributed by atoms with Gasteiger partial charge in [0.1, 0.15) is 17.5 Å². The van der Waals surface area contributed by atoms with E-state index in [-0.39, 0.29) is 17.1 Å². The van der Waals surface area contributed by atoms with Gasteiger partial charge in [0.25, 0.3) is 0 Å². The molecule has 1 aromatic carbocycles. The van der Waals surface area contributed by atoms with Crippen LogP contribution in [0, 0.1) is 11.3 Å². The number of halogens is 1. The number of anilines is 4. The average molecular weight is 497 g/mol. The Kier molecular flexibility index (Phi) is 7.14. The van der Waals surface area contributed by atoms with Gasteiger partial charge in [0, 0.05) is 49.0 Å². The van der Waals surface area contributed by atoms with Crippen LogP contribution in [0.2, 0.25) is 5.02 Å². The molecule has 3 heterocycles. The van der Waals surface area contributed by atoms with E-state index in [1.165, 1.54) is 0 Å². The standard InChI is InChI=1S/C26H37ClN8/c1-25(2)14-20(15-26(3,4)34(25)6)30-23-18(16-28)17-29-24(32-23)31-19-7-8-22(21(27)13-19)35-11-9-33(5)10-12-35/h7-8,13,17,20H,9-12,14-15H2,1-6H3,(H2,29,30,31,32). The van der Waals surface area contributed by atoms with Gasteiger partial charge in [-0.25, -0.2) is 4.98 Å². The molecule has 0 radical (unpaired) electrons. The third-order valence-corrected chi connectivity index (χ3v) is 7.91. The number of piperidine rings is 1. The fourth-order valence-electron chi connectivity index (χ4n) is 5.32. The summed E-state index contributed by atoms with van der Waals surface area (Å²) in [7, 11) is 4.32. The molecule has 0 aliphatic carbocycles. The van der Waals surface area contributed by atoms with E-state index in [1.807, 2.05) is 18.2 Å². The lowest BCUT2D eigenvalue weighted by atomic mass is 9.77. The highest BCUT2D eigenvalue weighted by molar-refractivity contribution is 6.33. The molecule has 4 rings (SSSR count). The number of hydrogen-bond donors (Lipinski definition) is 2. The third-order valence-electron chi connectivity index (χ3n) is 7.61. The summed E-state index contributed by atoms with van der Waals surface area (Å²) in [6.45, 7) is 13.0. The first kappa shape index (κ1) is 25.5. The van der Waals surface area contributed by atoms with Crippen molar-refractivity contribution in [2.45, 2.75) is 57.7 Å². The second-order valence-electron chi connectivity index (χ2n) is 11.1. The first-order chi connectivity index (χ1) is 16.5. The van der Waals surface area contributed by atoms with Crippen LogP contribution in [-0.2, 0) is 0 Å². The Morgan fingerprint density at radius 1 is 1.06 bits per heavy atom. The molecule has 188 valence electrons. The normalized spacial score (nSPS) is 20.9. The van der Waals surface area contributed by atoms with Gasteiger partial charge in [-0.15, -0.1) is 0 Å². The van der Waals surface area contributed by atoms with Crippen molar-refractivity contribution < 1.29 is 0 Å². The number of likely N-dealkylation sites (tertiary alicyclic amines) is 1. The molecule has 2 saturated heterocycles. The fraction of sp³-hybridized carbons (Fsp3) is 0.577. The lowest BCUT2D eigenvalue weighted by Crippen LogP contribution is -2.61. The van der Waals surface area contributed by atoms with Crippen molar-refractivity contribution in [1.29, 1.82) is 5.26 Å². The summed E-state index contributed by atoms with van der Waals surface area (Å²) in [6, 6.07) is 8.37. The number of hydrogen-bond acceptors (Lipinski definition) is 8. The van der Waals surface area contributed by atoms with Crippen LogP contribution < -0.4 is 15.5 Å².